The molecule has 0 spiro atoms. The molecule has 2 aromatic rings. The van der Waals surface area contributed by atoms with Gasteiger partial charge in [0, 0.05) is 31.4 Å². The van der Waals surface area contributed by atoms with E-state index in [4.69, 9.17) is 10.00 Å². The van der Waals surface area contributed by atoms with Crippen LogP contribution in [-0.4, -0.2) is 43.9 Å². The topological polar surface area (TPSA) is 51.5 Å². The molecular formula is C26H35F3N4O. The smallest absolute Gasteiger partial charge is 0.417 e. The van der Waals surface area contributed by atoms with Crippen molar-refractivity contribution in [3.05, 3.63) is 59.2 Å². The first kappa shape index (κ1) is 27.5. The van der Waals surface area contributed by atoms with Gasteiger partial charge in [-0.3, -0.25) is 4.90 Å². The minimum atomic E-state index is -4.58. The maximum absolute atomic E-state index is 13.4. The number of hydrogen-bond acceptors (Lipinski definition) is 5. The van der Waals surface area contributed by atoms with Crippen molar-refractivity contribution in [1.29, 1.82) is 5.26 Å². The summed E-state index contributed by atoms with van der Waals surface area (Å²) >= 11 is 0. The highest BCUT2D eigenvalue weighted by atomic mass is 19.4. The summed E-state index contributed by atoms with van der Waals surface area (Å²) in [7, 11) is 1.76. The van der Waals surface area contributed by atoms with Crippen molar-refractivity contribution in [2.75, 3.05) is 38.3 Å². The molecule has 0 unspecified atom stereocenters. The molecule has 0 radical (unpaired) electrons. The third-order valence-electron chi connectivity index (χ3n) is 5.54. The summed E-state index contributed by atoms with van der Waals surface area (Å²) in [5.74, 6) is 0.817. The predicted octanol–water partition coefficient (Wildman–Crippen LogP) is 5.65. The van der Waals surface area contributed by atoms with Gasteiger partial charge in [-0.15, -0.1) is 0 Å². The van der Waals surface area contributed by atoms with Crippen molar-refractivity contribution in [3.63, 3.8) is 0 Å². The lowest BCUT2D eigenvalue weighted by Gasteiger charge is -2.39. The predicted molar refractivity (Wildman–Crippen MR) is 130 cm³/mol. The van der Waals surface area contributed by atoms with Gasteiger partial charge in [-0.1, -0.05) is 19.1 Å². The van der Waals surface area contributed by atoms with Crippen molar-refractivity contribution >= 4 is 5.69 Å². The maximum atomic E-state index is 13.4. The van der Waals surface area contributed by atoms with E-state index in [2.05, 4.69) is 37.9 Å². The summed E-state index contributed by atoms with van der Waals surface area (Å²) in [6, 6.07) is 13.5. The molecule has 2 rings (SSSR count). The van der Waals surface area contributed by atoms with E-state index in [9.17, 15) is 13.2 Å². The first-order chi connectivity index (χ1) is 16.0. The summed E-state index contributed by atoms with van der Waals surface area (Å²) in [4.78, 5) is 3.97. The van der Waals surface area contributed by atoms with E-state index in [0.717, 1.165) is 37.9 Å². The Hall–Kier alpha value is -2.76. The van der Waals surface area contributed by atoms with Gasteiger partial charge in [0.2, 0.25) is 0 Å². The zero-order valence-corrected chi connectivity index (χ0v) is 20.7. The highest BCUT2D eigenvalue weighted by Crippen LogP contribution is 2.34. The SMILES string of the molecule is CCNCc1ccc(OCCCN(CN(C)c2ccc(C#N)c(C(F)(F)F)c2)C(C)(C)C)cc1. The van der Waals surface area contributed by atoms with Gasteiger partial charge < -0.3 is 15.0 Å². The van der Waals surface area contributed by atoms with Crippen LogP contribution < -0.4 is 15.0 Å². The van der Waals surface area contributed by atoms with Crippen LogP contribution >= 0.6 is 0 Å². The molecule has 0 amide bonds. The Kier molecular flexibility index (Phi) is 9.77. The second-order valence-corrected chi connectivity index (χ2v) is 9.24. The largest absolute Gasteiger partial charge is 0.494 e. The van der Waals surface area contributed by atoms with E-state index in [1.807, 2.05) is 24.3 Å². The number of rotatable bonds is 11. The van der Waals surface area contributed by atoms with Gasteiger partial charge >= 0.3 is 6.18 Å². The molecular weight excluding hydrogens is 441 g/mol. The summed E-state index contributed by atoms with van der Waals surface area (Å²) in [6.45, 7) is 11.7. The Morgan fingerprint density at radius 2 is 1.74 bits per heavy atom. The Labute approximate surface area is 201 Å². The number of alkyl halides is 3. The fraction of sp³-hybridized carbons (Fsp3) is 0.500. The second-order valence-electron chi connectivity index (χ2n) is 9.24. The van der Waals surface area contributed by atoms with Crippen LogP contribution in [0, 0.1) is 11.3 Å². The van der Waals surface area contributed by atoms with Gasteiger partial charge in [-0.2, -0.15) is 18.4 Å². The molecule has 5 nitrogen and oxygen atoms in total. The van der Waals surface area contributed by atoms with E-state index in [-0.39, 0.29) is 11.1 Å². The fourth-order valence-electron chi connectivity index (χ4n) is 3.48. The second kappa shape index (κ2) is 12.1. The quantitative estimate of drug-likeness (QED) is 0.336. The minimum absolute atomic E-state index is 0.193. The zero-order valence-electron chi connectivity index (χ0n) is 20.7. The molecule has 0 bridgehead atoms. The van der Waals surface area contributed by atoms with Crippen LogP contribution in [0.25, 0.3) is 0 Å². The van der Waals surface area contributed by atoms with Gasteiger partial charge in [0.15, 0.2) is 0 Å². The van der Waals surface area contributed by atoms with Gasteiger partial charge in [-0.25, -0.2) is 0 Å². The van der Waals surface area contributed by atoms with Crippen LogP contribution in [-0.2, 0) is 12.7 Å². The van der Waals surface area contributed by atoms with E-state index in [0.29, 0.717) is 19.0 Å². The molecule has 0 aliphatic heterocycles. The van der Waals surface area contributed by atoms with Gasteiger partial charge in [0.05, 0.1) is 30.5 Å². The number of benzene rings is 2. The normalized spacial score (nSPS) is 12.0. The molecule has 0 saturated heterocycles. The van der Waals surface area contributed by atoms with Gasteiger partial charge in [0.25, 0.3) is 0 Å². The van der Waals surface area contributed by atoms with Crippen LogP contribution in [0.15, 0.2) is 42.5 Å². The molecule has 0 aliphatic rings. The highest BCUT2D eigenvalue weighted by Gasteiger charge is 2.34. The lowest BCUT2D eigenvalue weighted by atomic mass is 10.1. The molecule has 1 N–H and O–H groups in total. The highest BCUT2D eigenvalue weighted by molar-refractivity contribution is 5.54. The number of halogens is 3. The van der Waals surface area contributed by atoms with E-state index in [1.54, 1.807) is 24.1 Å². The van der Waals surface area contributed by atoms with E-state index in [1.165, 1.54) is 11.6 Å². The lowest BCUT2D eigenvalue weighted by Crippen LogP contribution is -2.48. The molecule has 186 valence electrons. The Morgan fingerprint density at radius 3 is 2.29 bits per heavy atom. The number of nitriles is 1. The number of nitrogens with one attached hydrogen (secondary N) is 1. The van der Waals surface area contributed by atoms with Crippen LogP contribution in [0.4, 0.5) is 18.9 Å². The van der Waals surface area contributed by atoms with Crippen molar-refractivity contribution < 1.29 is 17.9 Å². The first-order valence-electron chi connectivity index (χ1n) is 11.5. The van der Waals surface area contributed by atoms with Crippen molar-refractivity contribution in [2.24, 2.45) is 0 Å². The van der Waals surface area contributed by atoms with Crippen LogP contribution in [0.1, 0.15) is 50.8 Å². The van der Waals surface area contributed by atoms with Crippen LogP contribution in [0.3, 0.4) is 0 Å². The fourth-order valence-corrected chi connectivity index (χ4v) is 3.48. The van der Waals surface area contributed by atoms with Crippen molar-refractivity contribution in [3.8, 4) is 11.8 Å². The zero-order chi connectivity index (χ0) is 25.4. The molecule has 0 fully saturated rings. The Balaban J connectivity index is 1.97. The average Bonchev–Trinajstić information content (AvgIpc) is 2.78. The molecule has 0 atom stereocenters. The van der Waals surface area contributed by atoms with E-state index < -0.39 is 11.7 Å². The molecule has 0 aliphatic carbocycles. The third kappa shape index (κ3) is 8.23. The molecule has 34 heavy (non-hydrogen) atoms. The molecule has 0 heterocycles. The summed E-state index contributed by atoms with van der Waals surface area (Å²) in [5.41, 5.74) is 0.138. The van der Waals surface area contributed by atoms with Crippen LogP contribution in [0.5, 0.6) is 5.75 Å². The molecule has 0 aromatic heterocycles. The van der Waals surface area contributed by atoms with Gasteiger partial charge in [0.1, 0.15) is 5.75 Å². The Morgan fingerprint density at radius 1 is 1.06 bits per heavy atom. The first-order valence-corrected chi connectivity index (χ1v) is 11.5. The molecule has 8 heteroatoms. The number of anilines is 1. The number of ether oxygens (including phenoxy) is 1. The summed E-state index contributed by atoms with van der Waals surface area (Å²) < 4.78 is 45.9. The monoisotopic (exact) mass is 476 g/mol. The average molecular weight is 477 g/mol. The van der Waals surface area contributed by atoms with Crippen molar-refractivity contribution in [2.45, 2.75) is 52.4 Å². The van der Waals surface area contributed by atoms with Crippen molar-refractivity contribution in [1.82, 2.24) is 10.2 Å². The maximum Gasteiger partial charge on any atom is 0.417 e. The Bertz CT molecular complexity index is 946. The lowest BCUT2D eigenvalue weighted by molar-refractivity contribution is -0.137. The number of hydrogen-bond donors (Lipinski definition) is 1. The summed E-state index contributed by atoms with van der Waals surface area (Å²) in [5, 5.41) is 12.3. The molecule has 0 saturated carbocycles. The van der Waals surface area contributed by atoms with Crippen LogP contribution in [0.2, 0.25) is 0 Å². The van der Waals surface area contributed by atoms with Gasteiger partial charge in [-0.05, 0) is 69.6 Å². The molecule has 2 aromatic carbocycles. The number of nitrogens with zero attached hydrogens (tertiary/aromatic N) is 3. The standard InChI is InChI=1S/C26H35F3N4O/c1-6-31-18-20-8-12-23(13-9-20)34-15-7-14-33(25(2,3)4)19-32(5)22-11-10-21(17-30)24(16-22)26(27,28)29/h8-13,16,31H,6-7,14-15,18-19H2,1-5H3. The summed E-state index contributed by atoms with van der Waals surface area (Å²) in [6.07, 6.45) is -3.81. The van der Waals surface area contributed by atoms with E-state index >= 15 is 0 Å². The minimum Gasteiger partial charge on any atom is -0.494 e. The third-order valence-corrected chi connectivity index (χ3v) is 5.54.